The average molecular weight is 261 g/mol. The Labute approximate surface area is 87.2 Å². The van der Waals surface area contributed by atoms with Gasteiger partial charge in [0.15, 0.2) is 0 Å². The minimum absolute atomic E-state index is 0.363. The average Bonchev–Trinajstić information content (AvgIpc) is 2.07. The zero-order valence-corrected chi connectivity index (χ0v) is 8.47. The van der Waals surface area contributed by atoms with Crippen LogP contribution >= 0.6 is 15.9 Å². The minimum atomic E-state index is -0.992. The molecule has 0 atom stereocenters. The molecule has 0 saturated heterocycles. The van der Waals surface area contributed by atoms with E-state index < -0.39 is 17.6 Å². The van der Waals surface area contributed by atoms with E-state index in [4.69, 9.17) is 11.5 Å². The number of primary amides is 2. The van der Waals surface area contributed by atoms with Gasteiger partial charge in [-0.25, -0.2) is 4.39 Å². The summed E-state index contributed by atoms with van der Waals surface area (Å²) in [7, 11) is 0. The Balaban J connectivity index is 3.47. The van der Waals surface area contributed by atoms with Crippen molar-refractivity contribution in [3.63, 3.8) is 0 Å². The summed E-state index contributed by atoms with van der Waals surface area (Å²) in [6.07, 6.45) is 0. The van der Waals surface area contributed by atoms with Gasteiger partial charge in [0, 0.05) is 4.47 Å². The summed E-state index contributed by atoms with van der Waals surface area (Å²) in [6.45, 7) is 0. The lowest BCUT2D eigenvalue weighted by molar-refractivity contribution is 0.0994. The van der Waals surface area contributed by atoms with E-state index in [0.29, 0.717) is 4.47 Å². The van der Waals surface area contributed by atoms with E-state index in [2.05, 4.69) is 15.9 Å². The van der Waals surface area contributed by atoms with Crippen LogP contribution in [0.2, 0.25) is 0 Å². The van der Waals surface area contributed by atoms with Crippen LogP contribution in [-0.2, 0) is 0 Å². The topological polar surface area (TPSA) is 86.2 Å². The van der Waals surface area contributed by atoms with Gasteiger partial charge in [0.25, 0.3) is 11.8 Å². The molecule has 4 N–H and O–H groups in total. The molecule has 0 heterocycles. The summed E-state index contributed by atoms with van der Waals surface area (Å²) in [5.41, 5.74) is 9.07. The molecule has 0 radical (unpaired) electrons. The van der Waals surface area contributed by atoms with Crippen molar-refractivity contribution in [2.45, 2.75) is 0 Å². The maximum atomic E-state index is 13.3. The fraction of sp³-hybridized carbons (Fsp3) is 0. The Bertz CT molecular complexity index is 385. The molecule has 0 spiro atoms. The van der Waals surface area contributed by atoms with E-state index in [9.17, 15) is 14.0 Å². The van der Waals surface area contributed by atoms with Gasteiger partial charge in [-0.05, 0) is 12.1 Å². The van der Waals surface area contributed by atoms with Crippen molar-refractivity contribution in [1.82, 2.24) is 0 Å². The Morgan fingerprint density at radius 2 is 1.50 bits per heavy atom. The van der Waals surface area contributed by atoms with Crippen LogP contribution in [0.3, 0.4) is 0 Å². The van der Waals surface area contributed by atoms with Gasteiger partial charge >= 0.3 is 0 Å². The second-order valence-corrected chi connectivity index (χ2v) is 3.46. The zero-order chi connectivity index (χ0) is 10.9. The van der Waals surface area contributed by atoms with Gasteiger partial charge in [0.1, 0.15) is 5.82 Å². The van der Waals surface area contributed by atoms with Crippen molar-refractivity contribution in [2.24, 2.45) is 11.5 Å². The minimum Gasteiger partial charge on any atom is -0.366 e. The van der Waals surface area contributed by atoms with Crippen LogP contribution in [0.5, 0.6) is 0 Å². The molecule has 14 heavy (non-hydrogen) atoms. The predicted molar refractivity (Wildman–Crippen MR) is 51.1 cm³/mol. The number of benzene rings is 1. The molecule has 4 nitrogen and oxygen atoms in total. The zero-order valence-electron chi connectivity index (χ0n) is 6.88. The number of hydrogen-bond acceptors (Lipinski definition) is 2. The van der Waals surface area contributed by atoms with Gasteiger partial charge in [-0.15, -0.1) is 0 Å². The molecular weight excluding hydrogens is 255 g/mol. The lowest BCUT2D eigenvalue weighted by Crippen LogP contribution is -2.19. The molecule has 0 aromatic heterocycles. The van der Waals surface area contributed by atoms with Crippen molar-refractivity contribution in [1.29, 1.82) is 0 Å². The number of amides is 2. The molecule has 1 aromatic carbocycles. The molecule has 0 bridgehead atoms. The lowest BCUT2D eigenvalue weighted by Gasteiger charge is -2.03. The van der Waals surface area contributed by atoms with E-state index in [-0.39, 0.29) is 11.1 Å². The first kappa shape index (κ1) is 10.6. The summed E-state index contributed by atoms with van der Waals surface area (Å²) in [5.74, 6) is -2.90. The van der Waals surface area contributed by atoms with E-state index in [1.165, 1.54) is 12.1 Å². The normalized spacial score (nSPS) is 9.86. The van der Waals surface area contributed by atoms with Crippen LogP contribution in [0.1, 0.15) is 20.7 Å². The van der Waals surface area contributed by atoms with Crippen LogP contribution in [0.15, 0.2) is 16.6 Å². The number of rotatable bonds is 2. The molecule has 0 saturated carbocycles. The van der Waals surface area contributed by atoms with E-state index >= 15 is 0 Å². The fourth-order valence-electron chi connectivity index (χ4n) is 0.948. The summed E-state index contributed by atoms with van der Waals surface area (Å²) in [4.78, 5) is 21.5. The van der Waals surface area contributed by atoms with Crippen molar-refractivity contribution in [3.8, 4) is 0 Å². The van der Waals surface area contributed by atoms with Crippen LogP contribution in [0.4, 0.5) is 4.39 Å². The maximum Gasteiger partial charge on any atom is 0.251 e. The summed E-state index contributed by atoms with van der Waals surface area (Å²) >= 11 is 3.00. The highest BCUT2D eigenvalue weighted by atomic mass is 79.9. The fourth-order valence-corrected chi connectivity index (χ4v) is 1.41. The molecule has 2 amide bonds. The largest absolute Gasteiger partial charge is 0.366 e. The highest BCUT2D eigenvalue weighted by Crippen LogP contribution is 2.19. The quantitative estimate of drug-likeness (QED) is 0.824. The number of carbonyl (C=O) groups is 2. The summed E-state index contributed by atoms with van der Waals surface area (Å²) < 4.78 is 13.7. The first-order valence-electron chi connectivity index (χ1n) is 3.52. The monoisotopic (exact) mass is 260 g/mol. The molecule has 74 valence electrons. The molecular formula is C8H6BrFN2O2. The SMILES string of the molecule is NC(=O)c1cc(Br)cc(C(N)=O)c1F. The highest BCUT2D eigenvalue weighted by Gasteiger charge is 2.17. The summed E-state index contributed by atoms with van der Waals surface area (Å²) in [6, 6.07) is 2.37. The van der Waals surface area contributed by atoms with Gasteiger partial charge in [-0.1, -0.05) is 15.9 Å². The molecule has 1 aromatic rings. The molecule has 0 fully saturated rings. The van der Waals surface area contributed by atoms with Crippen LogP contribution in [0, 0.1) is 5.82 Å². The standard InChI is InChI=1S/C8H6BrFN2O2/c9-3-1-4(7(11)13)6(10)5(2-3)8(12)14/h1-2H,(H2,11,13)(H2,12,14). The van der Waals surface area contributed by atoms with Gasteiger partial charge in [0.2, 0.25) is 0 Å². The third-order valence-electron chi connectivity index (χ3n) is 1.57. The second-order valence-electron chi connectivity index (χ2n) is 2.54. The molecule has 0 aliphatic heterocycles. The van der Waals surface area contributed by atoms with Gasteiger partial charge in [-0.3, -0.25) is 9.59 Å². The van der Waals surface area contributed by atoms with Gasteiger partial charge in [0.05, 0.1) is 11.1 Å². The predicted octanol–water partition coefficient (Wildman–Crippen LogP) is 0.786. The second kappa shape index (κ2) is 3.75. The number of halogens is 2. The summed E-state index contributed by atoms with van der Waals surface area (Å²) in [5, 5.41) is 0. The van der Waals surface area contributed by atoms with E-state index in [1.807, 2.05) is 0 Å². The smallest absolute Gasteiger partial charge is 0.251 e. The number of nitrogens with two attached hydrogens (primary N) is 2. The third kappa shape index (κ3) is 1.90. The lowest BCUT2D eigenvalue weighted by atomic mass is 10.1. The van der Waals surface area contributed by atoms with Crippen molar-refractivity contribution < 1.29 is 14.0 Å². The van der Waals surface area contributed by atoms with E-state index in [0.717, 1.165) is 0 Å². The third-order valence-corrected chi connectivity index (χ3v) is 2.03. The molecule has 0 aliphatic carbocycles. The Hall–Kier alpha value is -1.43. The molecule has 0 aliphatic rings. The highest BCUT2D eigenvalue weighted by molar-refractivity contribution is 9.10. The van der Waals surface area contributed by atoms with Gasteiger partial charge < -0.3 is 11.5 Å². The van der Waals surface area contributed by atoms with Crippen molar-refractivity contribution in [2.75, 3.05) is 0 Å². The Morgan fingerprint density at radius 1 is 1.14 bits per heavy atom. The van der Waals surface area contributed by atoms with Crippen LogP contribution in [0.25, 0.3) is 0 Å². The van der Waals surface area contributed by atoms with Crippen LogP contribution < -0.4 is 11.5 Å². The molecule has 6 heteroatoms. The maximum absolute atomic E-state index is 13.3. The van der Waals surface area contributed by atoms with Crippen molar-refractivity contribution >= 4 is 27.7 Å². The number of hydrogen-bond donors (Lipinski definition) is 2. The Morgan fingerprint density at radius 3 is 1.79 bits per heavy atom. The van der Waals surface area contributed by atoms with Crippen LogP contribution in [-0.4, -0.2) is 11.8 Å². The Kier molecular flexibility index (Phi) is 2.85. The first-order valence-corrected chi connectivity index (χ1v) is 4.31. The van der Waals surface area contributed by atoms with Crippen molar-refractivity contribution in [3.05, 3.63) is 33.5 Å². The molecule has 0 unspecified atom stereocenters. The van der Waals surface area contributed by atoms with E-state index in [1.54, 1.807) is 0 Å². The number of carbonyl (C=O) groups excluding carboxylic acids is 2. The first-order chi connectivity index (χ1) is 6.43. The molecule has 1 rings (SSSR count). The van der Waals surface area contributed by atoms with Gasteiger partial charge in [-0.2, -0.15) is 0 Å².